The fourth-order valence-electron chi connectivity index (χ4n) is 2.24. The average molecular weight is 238 g/mol. The molecule has 0 bridgehead atoms. The normalized spacial score (nSPS) is 24.6. The number of esters is 1. The van der Waals surface area contributed by atoms with Crippen LogP contribution >= 0.6 is 0 Å². The van der Waals surface area contributed by atoms with Gasteiger partial charge >= 0.3 is 5.97 Å². The Hall–Kier alpha value is -1.43. The van der Waals surface area contributed by atoms with E-state index in [4.69, 9.17) is 4.74 Å². The number of carbonyl (C=O) groups is 1. The van der Waals surface area contributed by atoms with Gasteiger partial charge in [0.25, 0.3) is 0 Å². The summed E-state index contributed by atoms with van der Waals surface area (Å²) in [6.07, 6.45) is 3.47. The number of carbonyl (C=O) groups excluding carboxylic acids is 1. The van der Waals surface area contributed by atoms with Crippen LogP contribution in [-0.4, -0.2) is 33.9 Å². The van der Waals surface area contributed by atoms with Gasteiger partial charge in [0, 0.05) is 7.05 Å². The van der Waals surface area contributed by atoms with Gasteiger partial charge in [0.15, 0.2) is 5.82 Å². The second-order valence-corrected chi connectivity index (χ2v) is 4.23. The van der Waals surface area contributed by atoms with Crippen molar-refractivity contribution in [3.8, 4) is 0 Å². The summed E-state index contributed by atoms with van der Waals surface area (Å²) in [6.45, 7) is 3.14. The number of nitrogens with one attached hydrogen (secondary N) is 1. The van der Waals surface area contributed by atoms with Crippen LogP contribution in [0.15, 0.2) is 6.33 Å². The second-order valence-electron chi connectivity index (χ2n) is 4.23. The van der Waals surface area contributed by atoms with Crippen LogP contribution in [-0.2, 0) is 16.6 Å². The van der Waals surface area contributed by atoms with Crippen molar-refractivity contribution in [1.29, 1.82) is 0 Å². The number of piperidine rings is 1. The van der Waals surface area contributed by atoms with Crippen LogP contribution in [0, 0.1) is 5.92 Å². The lowest BCUT2D eigenvalue weighted by Gasteiger charge is -2.30. The highest BCUT2D eigenvalue weighted by Crippen LogP contribution is 2.28. The van der Waals surface area contributed by atoms with Crippen LogP contribution in [0.4, 0.5) is 0 Å². The molecule has 2 atom stereocenters. The molecule has 0 saturated carbocycles. The van der Waals surface area contributed by atoms with Gasteiger partial charge in [-0.05, 0) is 26.3 Å². The van der Waals surface area contributed by atoms with Gasteiger partial charge in [-0.3, -0.25) is 4.79 Å². The third-order valence-electron chi connectivity index (χ3n) is 3.07. The molecule has 1 aliphatic heterocycles. The molecular formula is C11H18N4O2. The van der Waals surface area contributed by atoms with Gasteiger partial charge in [0.1, 0.15) is 6.33 Å². The standard InChI is InChI=1S/C11H18N4O2/c1-3-17-11(16)8-5-4-6-12-9(8)10-14-13-7-15(10)2/h7-9,12H,3-6H2,1-2H3/t8-,9+/m1/s1. The third-order valence-corrected chi connectivity index (χ3v) is 3.07. The predicted octanol–water partition coefficient (Wildman–Crippen LogP) is 0.419. The van der Waals surface area contributed by atoms with Gasteiger partial charge in [0.2, 0.25) is 0 Å². The molecule has 2 rings (SSSR count). The molecular weight excluding hydrogens is 220 g/mol. The molecule has 0 aromatic carbocycles. The molecule has 1 aliphatic rings. The van der Waals surface area contributed by atoms with Crippen LogP contribution in [0.5, 0.6) is 0 Å². The summed E-state index contributed by atoms with van der Waals surface area (Å²) in [5.41, 5.74) is 0. The number of ether oxygens (including phenoxy) is 1. The van der Waals surface area contributed by atoms with E-state index in [0.29, 0.717) is 6.61 Å². The molecule has 1 aromatic rings. The van der Waals surface area contributed by atoms with Gasteiger partial charge in [-0.15, -0.1) is 10.2 Å². The Balaban J connectivity index is 2.18. The van der Waals surface area contributed by atoms with E-state index in [1.54, 1.807) is 6.33 Å². The zero-order valence-electron chi connectivity index (χ0n) is 10.2. The minimum absolute atomic E-state index is 0.0877. The Morgan fingerprint density at radius 2 is 2.53 bits per heavy atom. The van der Waals surface area contributed by atoms with Crippen molar-refractivity contribution in [1.82, 2.24) is 20.1 Å². The number of rotatable bonds is 3. The molecule has 1 aromatic heterocycles. The Labute approximate surface area is 100 Å². The maximum atomic E-state index is 11.9. The van der Waals surface area contributed by atoms with E-state index in [0.717, 1.165) is 25.2 Å². The molecule has 94 valence electrons. The number of hydrogen-bond donors (Lipinski definition) is 1. The van der Waals surface area contributed by atoms with Gasteiger partial charge in [-0.25, -0.2) is 0 Å². The molecule has 1 saturated heterocycles. The van der Waals surface area contributed by atoms with E-state index in [9.17, 15) is 4.79 Å². The van der Waals surface area contributed by atoms with E-state index in [1.165, 1.54) is 0 Å². The maximum absolute atomic E-state index is 11.9. The van der Waals surface area contributed by atoms with Crippen molar-refractivity contribution in [2.75, 3.05) is 13.2 Å². The maximum Gasteiger partial charge on any atom is 0.310 e. The zero-order valence-corrected chi connectivity index (χ0v) is 10.2. The summed E-state index contributed by atoms with van der Waals surface area (Å²) < 4.78 is 6.96. The summed E-state index contributed by atoms with van der Waals surface area (Å²) in [5.74, 6) is 0.488. The largest absolute Gasteiger partial charge is 0.466 e. The Morgan fingerprint density at radius 1 is 1.71 bits per heavy atom. The lowest BCUT2D eigenvalue weighted by molar-refractivity contribution is -0.150. The highest BCUT2D eigenvalue weighted by molar-refractivity contribution is 5.73. The van der Waals surface area contributed by atoms with E-state index >= 15 is 0 Å². The van der Waals surface area contributed by atoms with Crippen molar-refractivity contribution >= 4 is 5.97 Å². The van der Waals surface area contributed by atoms with E-state index in [-0.39, 0.29) is 17.9 Å². The van der Waals surface area contributed by atoms with Crippen molar-refractivity contribution in [3.05, 3.63) is 12.2 Å². The quantitative estimate of drug-likeness (QED) is 0.773. The molecule has 17 heavy (non-hydrogen) atoms. The summed E-state index contributed by atoms with van der Waals surface area (Å²) in [4.78, 5) is 11.9. The summed E-state index contributed by atoms with van der Waals surface area (Å²) in [6, 6.07) is -0.0877. The summed E-state index contributed by atoms with van der Waals surface area (Å²) in [5, 5.41) is 11.3. The Kier molecular flexibility index (Phi) is 3.73. The van der Waals surface area contributed by atoms with E-state index < -0.39 is 0 Å². The minimum atomic E-state index is -0.161. The fraction of sp³-hybridized carbons (Fsp3) is 0.727. The van der Waals surface area contributed by atoms with Crippen LogP contribution in [0.25, 0.3) is 0 Å². The summed E-state index contributed by atoms with van der Waals surface area (Å²) >= 11 is 0. The summed E-state index contributed by atoms with van der Waals surface area (Å²) in [7, 11) is 1.88. The molecule has 0 unspecified atom stereocenters. The second kappa shape index (κ2) is 5.27. The predicted molar refractivity (Wildman–Crippen MR) is 61.1 cm³/mol. The molecule has 1 fully saturated rings. The van der Waals surface area contributed by atoms with Gasteiger partial charge < -0.3 is 14.6 Å². The molecule has 0 spiro atoms. The molecule has 1 N–H and O–H groups in total. The molecule has 0 aliphatic carbocycles. The van der Waals surface area contributed by atoms with Crippen LogP contribution < -0.4 is 5.32 Å². The van der Waals surface area contributed by atoms with Crippen molar-refractivity contribution in [2.24, 2.45) is 13.0 Å². The molecule has 6 heteroatoms. The Morgan fingerprint density at radius 3 is 3.18 bits per heavy atom. The number of aromatic nitrogens is 3. The van der Waals surface area contributed by atoms with E-state index in [1.807, 2.05) is 18.5 Å². The minimum Gasteiger partial charge on any atom is -0.466 e. The van der Waals surface area contributed by atoms with Crippen LogP contribution in [0.3, 0.4) is 0 Å². The van der Waals surface area contributed by atoms with Crippen LogP contribution in [0.1, 0.15) is 31.6 Å². The first-order valence-corrected chi connectivity index (χ1v) is 5.98. The zero-order chi connectivity index (χ0) is 12.3. The smallest absolute Gasteiger partial charge is 0.310 e. The number of aryl methyl sites for hydroxylation is 1. The Bertz CT molecular complexity index is 391. The average Bonchev–Trinajstić information content (AvgIpc) is 2.76. The van der Waals surface area contributed by atoms with Crippen molar-refractivity contribution in [3.63, 3.8) is 0 Å². The first-order valence-electron chi connectivity index (χ1n) is 5.98. The topological polar surface area (TPSA) is 69.0 Å². The lowest BCUT2D eigenvalue weighted by Crippen LogP contribution is -2.40. The molecule has 0 amide bonds. The lowest BCUT2D eigenvalue weighted by atomic mass is 9.90. The SMILES string of the molecule is CCOC(=O)[C@@H]1CCCN[C@@H]1c1nncn1C. The van der Waals surface area contributed by atoms with Gasteiger partial charge in [-0.1, -0.05) is 0 Å². The highest BCUT2D eigenvalue weighted by Gasteiger charge is 2.35. The molecule has 0 radical (unpaired) electrons. The van der Waals surface area contributed by atoms with Crippen molar-refractivity contribution < 1.29 is 9.53 Å². The van der Waals surface area contributed by atoms with Gasteiger partial charge in [0.05, 0.1) is 18.6 Å². The fourth-order valence-corrected chi connectivity index (χ4v) is 2.24. The first-order chi connectivity index (χ1) is 8.24. The van der Waals surface area contributed by atoms with Crippen LogP contribution in [0.2, 0.25) is 0 Å². The first kappa shape index (κ1) is 12.0. The van der Waals surface area contributed by atoms with E-state index in [2.05, 4.69) is 15.5 Å². The molecule has 2 heterocycles. The number of nitrogens with zero attached hydrogens (tertiary/aromatic N) is 3. The van der Waals surface area contributed by atoms with Crippen molar-refractivity contribution in [2.45, 2.75) is 25.8 Å². The monoisotopic (exact) mass is 238 g/mol. The highest BCUT2D eigenvalue weighted by atomic mass is 16.5. The number of hydrogen-bond acceptors (Lipinski definition) is 5. The molecule has 6 nitrogen and oxygen atoms in total. The van der Waals surface area contributed by atoms with Gasteiger partial charge in [-0.2, -0.15) is 0 Å². The third kappa shape index (κ3) is 2.46.